The molecule has 0 aliphatic rings. The van der Waals surface area contributed by atoms with Gasteiger partial charge in [0, 0.05) is 24.2 Å². The molecule has 0 aliphatic heterocycles. The Morgan fingerprint density at radius 2 is 1.64 bits per heavy atom. The lowest BCUT2D eigenvalue weighted by Crippen LogP contribution is -2.36. The van der Waals surface area contributed by atoms with Crippen LogP contribution in [0.5, 0.6) is 0 Å². The fourth-order valence-electron chi connectivity index (χ4n) is 1.51. The number of hydrogen-bond donors (Lipinski definition) is 2. The number of carbonyl (C=O) groups excluding carboxylic acids is 2. The third-order valence-corrected chi connectivity index (χ3v) is 2.62. The number of amides is 2. The smallest absolute Gasteiger partial charge is 0.352 e. The number of rotatable bonds is 5. The molecule has 1 rings (SSSR count). The number of alkyl halides is 3. The molecule has 9 heteroatoms. The van der Waals surface area contributed by atoms with E-state index in [9.17, 15) is 31.5 Å². The highest BCUT2D eigenvalue weighted by Crippen LogP contribution is 2.18. The van der Waals surface area contributed by atoms with Gasteiger partial charge in [-0.15, -0.1) is 0 Å². The van der Waals surface area contributed by atoms with Crippen molar-refractivity contribution in [2.45, 2.75) is 26.1 Å². The van der Waals surface area contributed by atoms with Gasteiger partial charge >= 0.3 is 12.1 Å². The fraction of sp³-hybridized carbons (Fsp3) is 0.385. The average Bonchev–Trinajstić information content (AvgIpc) is 2.42. The zero-order chi connectivity index (χ0) is 16.9. The molecule has 0 aliphatic carbocycles. The summed E-state index contributed by atoms with van der Waals surface area (Å²) in [7, 11) is 0. The van der Waals surface area contributed by atoms with E-state index in [1.54, 1.807) is 6.92 Å². The van der Waals surface area contributed by atoms with E-state index in [-0.39, 0.29) is 5.56 Å². The zero-order valence-corrected chi connectivity index (χ0v) is 11.5. The van der Waals surface area contributed by atoms with Gasteiger partial charge in [-0.2, -0.15) is 13.2 Å². The minimum absolute atomic E-state index is 0.297. The number of halogens is 5. The van der Waals surface area contributed by atoms with Gasteiger partial charge in [-0.05, 0) is 18.6 Å². The molecule has 0 atom stereocenters. The minimum Gasteiger partial charge on any atom is -0.352 e. The number of benzene rings is 1. The summed E-state index contributed by atoms with van der Waals surface area (Å²) < 4.78 is 63.3. The largest absolute Gasteiger partial charge is 0.471 e. The molecule has 0 saturated carbocycles. The van der Waals surface area contributed by atoms with Gasteiger partial charge in [0.25, 0.3) is 5.91 Å². The van der Waals surface area contributed by atoms with Gasteiger partial charge in [-0.3, -0.25) is 9.59 Å². The molecule has 0 spiro atoms. The molecule has 4 nitrogen and oxygen atoms in total. The van der Waals surface area contributed by atoms with Crippen molar-refractivity contribution in [3.05, 3.63) is 34.9 Å². The molecule has 0 saturated heterocycles. The van der Waals surface area contributed by atoms with Crippen LogP contribution in [0.1, 0.15) is 29.3 Å². The van der Waals surface area contributed by atoms with E-state index in [4.69, 9.17) is 0 Å². The summed E-state index contributed by atoms with van der Waals surface area (Å²) >= 11 is 0. The molecule has 0 fully saturated rings. The second-order valence-electron chi connectivity index (χ2n) is 4.35. The van der Waals surface area contributed by atoms with Crippen LogP contribution >= 0.6 is 0 Å². The molecule has 0 heterocycles. The van der Waals surface area contributed by atoms with Gasteiger partial charge in [0.1, 0.15) is 11.6 Å². The van der Waals surface area contributed by atoms with Gasteiger partial charge in [0.2, 0.25) is 0 Å². The van der Waals surface area contributed by atoms with Crippen LogP contribution in [0.3, 0.4) is 0 Å². The number of nitrogens with one attached hydrogen (secondary N) is 2. The Labute approximate surface area is 122 Å². The Morgan fingerprint density at radius 3 is 2.09 bits per heavy atom. The first-order valence-electron chi connectivity index (χ1n) is 6.28. The standard InChI is InChI=1S/C13H13F5N2O2/c1-2-3-19-11(21)7-4-9(14)8(10(15)5-7)6-20-12(22)13(16,17)18/h4-5H,2-3,6H2,1H3,(H,19,21)(H,20,22). The second kappa shape index (κ2) is 7.19. The minimum atomic E-state index is -5.15. The van der Waals surface area contributed by atoms with E-state index in [1.807, 2.05) is 0 Å². The van der Waals surface area contributed by atoms with Crippen LogP contribution in [0.2, 0.25) is 0 Å². The van der Waals surface area contributed by atoms with Crippen molar-refractivity contribution in [2.24, 2.45) is 0 Å². The fourth-order valence-corrected chi connectivity index (χ4v) is 1.51. The van der Waals surface area contributed by atoms with Crippen molar-refractivity contribution in [3.63, 3.8) is 0 Å². The maximum atomic E-state index is 13.7. The monoisotopic (exact) mass is 324 g/mol. The van der Waals surface area contributed by atoms with Crippen LogP contribution in [-0.2, 0) is 11.3 Å². The van der Waals surface area contributed by atoms with Crippen LogP contribution in [0.15, 0.2) is 12.1 Å². The lowest BCUT2D eigenvalue weighted by Gasteiger charge is -2.11. The summed E-state index contributed by atoms with van der Waals surface area (Å²) in [5, 5.41) is 3.76. The first-order chi connectivity index (χ1) is 10.2. The van der Waals surface area contributed by atoms with E-state index in [0.717, 1.165) is 0 Å². The molecule has 2 amide bonds. The molecule has 0 unspecified atom stereocenters. The third-order valence-electron chi connectivity index (χ3n) is 2.62. The predicted octanol–water partition coefficient (Wildman–Crippen LogP) is 2.28. The van der Waals surface area contributed by atoms with Gasteiger partial charge in [0.15, 0.2) is 0 Å². The average molecular weight is 324 g/mol. The first-order valence-corrected chi connectivity index (χ1v) is 6.28. The van der Waals surface area contributed by atoms with Crippen LogP contribution in [-0.4, -0.2) is 24.5 Å². The van der Waals surface area contributed by atoms with E-state index in [2.05, 4.69) is 5.32 Å². The summed E-state index contributed by atoms with van der Waals surface area (Å²) in [6, 6.07) is 1.40. The normalized spacial score (nSPS) is 11.2. The summed E-state index contributed by atoms with van der Waals surface area (Å²) in [5.74, 6) is -5.45. The summed E-state index contributed by atoms with van der Waals surface area (Å²) in [5.41, 5.74) is -1.06. The van der Waals surface area contributed by atoms with Gasteiger partial charge < -0.3 is 10.6 Å². The predicted molar refractivity (Wildman–Crippen MR) is 66.9 cm³/mol. The van der Waals surface area contributed by atoms with Crippen LogP contribution < -0.4 is 10.6 Å². The Hall–Kier alpha value is -2.19. The molecule has 2 N–H and O–H groups in total. The van der Waals surface area contributed by atoms with Crippen molar-refractivity contribution in [1.82, 2.24) is 10.6 Å². The van der Waals surface area contributed by atoms with Crippen LogP contribution in [0, 0.1) is 11.6 Å². The molecular weight excluding hydrogens is 311 g/mol. The highest BCUT2D eigenvalue weighted by Gasteiger charge is 2.38. The van der Waals surface area contributed by atoms with E-state index < -0.39 is 41.7 Å². The maximum Gasteiger partial charge on any atom is 0.471 e. The lowest BCUT2D eigenvalue weighted by atomic mass is 10.1. The lowest BCUT2D eigenvalue weighted by molar-refractivity contribution is -0.173. The van der Waals surface area contributed by atoms with Crippen molar-refractivity contribution in [2.75, 3.05) is 6.54 Å². The van der Waals surface area contributed by atoms with Gasteiger partial charge in [-0.25, -0.2) is 8.78 Å². The molecule has 0 bridgehead atoms. The SMILES string of the molecule is CCCNC(=O)c1cc(F)c(CNC(=O)C(F)(F)F)c(F)c1. The Bertz CT molecular complexity index is 549. The number of hydrogen-bond acceptors (Lipinski definition) is 2. The van der Waals surface area contributed by atoms with Gasteiger partial charge in [-0.1, -0.05) is 6.92 Å². The summed E-state index contributed by atoms with van der Waals surface area (Å²) in [4.78, 5) is 22.2. The molecule has 1 aromatic rings. The van der Waals surface area contributed by atoms with Crippen molar-refractivity contribution >= 4 is 11.8 Å². The van der Waals surface area contributed by atoms with Crippen molar-refractivity contribution in [3.8, 4) is 0 Å². The second-order valence-corrected chi connectivity index (χ2v) is 4.35. The van der Waals surface area contributed by atoms with Crippen molar-refractivity contribution in [1.29, 1.82) is 0 Å². The zero-order valence-electron chi connectivity index (χ0n) is 11.5. The Balaban J connectivity index is 2.87. The molecule has 22 heavy (non-hydrogen) atoms. The van der Waals surface area contributed by atoms with E-state index in [1.165, 1.54) is 5.32 Å². The molecular formula is C13H13F5N2O2. The first kappa shape index (κ1) is 17.9. The maximum absolute atomic E-state index is 13.7. The Morgan fingerprint density at radius 1 is 1.09 bits per heavy atom. The molecule has 1 aromatic carbocycles. The number of carbonyl (C=O) groups is 2. The molecule has 0 aromatic heterocycles. The van der Waals surface area contributed by atoms with E-state index >= 15 is 0 Å². The highest BCUT2D eigenvalue weighted by molar-refractivity contribution is 5.94. The van der Waals surface area contributed by atoms with Crippen LogP contribution in [0.4, 0.5) is 22.0 Å². The van der Waals surface area contributed by atoms with Crippen molar-refractivity contribution < 1.29 is 31.5 Å². The quantitative estimate of drug-likeness (QED) is 0.817. The summed E-state index contributed by atoms with van der Waals surface area (Å²) in [6.07, 6.45) is -4.52. The molecule has 0 radical (unpaired) electrons. The molecule has 122 valence electrons. The topological polar surface area (TPSA) is 58.2 Å². The van der Waals surface area contributed by atoms with E-state index in [0.29, 0.717) is 25.1 Å². The Kier molecular flexibility index (Phi) is 5.84. The highest BCUT2D eigenvalue weighted by atomic mass is 19.4. The van der Waals surface area contributed by atoms with Gasteiger partial charge in [0.05, 0.1) is 0 Å². The third kappa shape index (κ3) is 4.68. The summed E-state index contributed by atoms with van der Waals surface area (Å²) in [6.45, 7) is 1.12. The van der Waals surface area contributed by atoms with Crippen LogP contribution in [0.25, 0.3) is 0 Å².